The van der Waals surface area contributed by atoms with Gasteiger partial charge in [0.05, 0.1) is 5.75 Å². The van der Waals surface area contributed by atoms with E-state index in [2.05, 4.69) is 39.9 Å². The molecule has 142 valence electrons. The van der Waals surface area contributed by atoms with Crippen LogP contribution >= 0.6 is 11.8 Å². The Bertz CT molecular complexity index is 980. The summed E-state index contributed by atoms with van der Waals surface area (Å²) in [7, 11) is 0. The summed E-state index contributed by atoms with van der Waals surface area (Å²) in [6, 6.07) is 10.2. The van der Waals surface area contributed by atoms with Gasteiger partial charge in [-0.1, -0.05) is 44.7 Å². The Morgan fingerprint density at radius 1 is 1.15 bits per heavy atom. The molecule has 2 heterocycles. The molecule has 5 nitrogen and oxygen atoms in total. The molecular weight excluding hydrogens is 358 g/mol. The van der Waals surface area contributed by atoms with Gasteiger partial charge in [0.1, 0.15) is 0 Å². The van der Waals surface area contributed by atoms with Crippen LogP contribution in [0, 0.1) is 20.8 Å². The molecule has 0 aliphatic rings. The zero-order chi connectivity index (χ0) is 19.8. The van der Waals surface area contributed by atoms with Gasteiger partial charge in [-0.15, -0.1) is 10.2 Å². The minimum Gasteiger partial charge on any atom is -0.415 e. The minimum atomic E-state index is -0.200. The Labute approximate surface area is 164 Å². The van der Waals surface area contributed by atoms with E-state index >= 15 is 0 Å². The van der Waals surface area contributed by atoms with Crippen molar-refractivity contribution in [2.75, 3.05) is 5.75 Å². The van der Waals surface area contributed by atoms with E-state index in [9.17, 15) is 4.79 Å². The summed E-state index contributed by atoms with van der Waals surface area (Å²) in [5, 5.41) is 8.54. The van der Waals surface area contributed by atoms with Crippen LogP contribution in [0.1, 0.15) is 54.0 Å². The Morgan fingerprint density at radius 2 is 1.89 bits per heavy atom. The highest BCUT2D eigenvalue weighted by molar-refractivity contribution is 7.99. The first-order valence-electron chi connectivity index (χ1n) is 8.93. The van der Waals surface area contributed by atoms with Gasteiger partial charge in [0.2, 0.25) is 5.89 Å². The molecule has 27 heavy (non-hydrogen) atoms. The molecule has 2 aromatic heterocycles. The van der Waals surface area contributed by atoms with Crippen molar-refractivity contribution in [3.63, 3.8) is 0 Å². The number of ketones is 1. The third-order valence-electron chi connectivity index (χ3n) is 4.37. The van der Waals surface area contributed by atoms with Crippen LogP contribution in [0.5, 0.6) is 0 Å². The van der Waals surface area contributed by atoms with Gasteiger partial charge in [0, 0.05) is 28.1 Å². The topological polar surface area (TPSA) is 60.9 Å². The van der Waals surface area contributed by atoms with Crippen LogP contribution in [0.25, 0.3) is 5.69 Å². The second-order valence-corrected chi connectivity index (χ2v) is 8.72. The SMILES string of the molecule is Cc1cccc(-n2c(C)cc(C(=O)CSc3nnc(C(C)(C)C)o3)c2C)c1. The number of carbonyl (C=O) groups is 1. The highest BCUT2D eigenvalue weighted by Crippen LogP contribution is 2.27. The number of nitrogens with zero attached hydrogens (tertiary/aromatic N) is 3. The summed E-state index contributed by atoms with van der Waals surface area (Å²) in [5.41, 5.74) is 4.79. The molecule has 1 aromatic carbocycles. The van der Waals surface area contributed by atoms with E-state index in [1.165, 1.54) is 17.3 Å². The van der Waals surface area contributed by atoms with Gasteiger partial charge in [-0.2, -0.15) is 0 Å². The third kappa shape index (κ3) is 4.16. The molecule has 6 heteroatoms. The average molecular weight is 384 g/mol. The van der Waals surface area contributed by atoms with Crippen molar-refractivity contribution < 1.29 is 9.21 Å². The molecule has 0 spiro atoms. The molecular formula is C21H25N3O2S. The van der Waals surface area contributed by atoms with Gasteiger partial charge >= 0.3 is 0 Å². The monoisotopic (exact) mass is 383 g/mol. The number of hydrogen-bond acceptors (Lipinski definition) is 5. The number of rotatable bonds is 5. The average Bonchev–Trinajstić information content (AvgIpc) is 3.17. The number of benzene rings is 1. The molecule has 0 aliphatic heterocycles. The van der Waals surface area contributed by atoms with Gasteiger partial charge in [-0.05, 0) is 44.5 Å². The maximum Gasteiger partial charge on any atom is 0.277 e. The number of carbonyl (C=O) groups excluding carboxylic acids is 1. The summed E-state index contributed by atoms with van der Waals surface area (Å²) in [6.45, 7) is 12.1. The number of Topliss-reactive ketones (excluding diaryl/α,β-unsaturated/α-hetero) is 1. The molecule has 0 amide bonds. The van der Waals surface area contributed by atoms with E-state index < -0.39 is 0 Å². The van der Waals surface area contributed by atoms with E-state index in [0.717, 1.165) is 22.6 Å². The highest BCUT2D eigenvalue weighted by Gasteiger charge is 2.23. The van der Waals surface area contributed by atoms with Crippen LogP contribution in [-0.2, 0) is 5.41 Å². The smallest absolute Gasteiger partial charge is 0.277 e. The van der Waals surface area contributed by atoms with E-state index in [1.807, 2.05) is 46.8 Å². The van der Waals surface area contributed by atoms with Gasteiger partial charge in [-0.3, -0.25) is 4.79 Å². The number of hydrogen-bond donors (Lipinski definition) is 0. The van der Waals surface area contributed by atoms with Gasteiger partial charge < -0.3 is 8.98 Å². The Hall–Kier alpha value is -2.34. The van der Waals surface area contributed by atoms with E-state index in [-0.39, 0.29) is 17.0 Å². The van der Waals surface area contributed by atoms with Crippen molar-refractivity contribution in [2.45, 2.75) is 52.2 Å². The normalized spacial score (nSPS) is 11.8. The first-order valence-corrected chi connectivity index (χ1v) is 9.91. The number of aromatic nitrogens is 3. The van der Waals surface area contributed by atoms with Crippen molar-refractivity contribution >= 4 is 17.5 Å². The largest absolute Gasteiger partial charge is 0.415 e. The minimum absolute atomic E-state index is 0.0579. The molecule has 0 fully saturated rings. The van der Waals surface area contributed by atoms with Crippen LogP contribution in [0.3, 0.4) is 0 Å². The molecule has 0 atom stereocenters. The fourth-order valence-corrected chi connectivity index (χ4v) is 3.63. The molecule has 0 radical (unpaired) electrons. The second kappa shape index (κ2) is 7.35. The molecule has 0 N–H and O–H groups in total. The summed E-state index contributed by atoms with van der Waals surface area (Å²) >= 11 is 1.28. The lowest BCUT2D eigenvalue weighted by Crippen LogP contribution is -2.11. The van der Waals surface area contributed by atoms with Crippen LogP contribution < -0.4 is 0 Å². The fraction of sp³-hybridized carbons (Fsp3) is 0.381. The predicted octanol–water partition coefficient (Wildman–Crippen LogP) is 5.06. The molecule has 0 aliphatic carbocycles. The van der Waals surface area contributed by atoms with Crippen molar-refractivity contribution in [1.82, 2.24) is 14.8 Å². The maximum absolute atomic E-state index is 12.8. The number of thioether (sulfide) groups is 1. The Morgan fingerprint density at radius 3 is 2.52 bits per heavy atom. The van der Waals surface area contributed by atoms with Crippen molar-refractivity contribution in [3.8, 4) is 5.69 Å². The molecule has 3 aromatic rings. The summed E-state index contributed by atoms with van der Waals surface area (Å²) in [6.07, 6.45) is 0. The molecule has 0 bridgehead atoms. The van der Waals surface area contributed by atoms with Crippen LogP contribution in [-0.4, -0.2) is 26.3 Å². The van der Waals surface area contributed by atoms with E-state index in [1.54, 1.807) is 0 Å². The molecule has 0 unspecified atom stereocenters. The predicted molar refractivity (Wildman–Crippen MR) is 108 cm³/mol. The first-order chi connectivity index (χ1) is 12.7. The van der Waals surface area contributed by atoms with Crippen molar-refractivity contribution in [3.05, 3.63) is 58.7 Å². The van der Waals surface area contributed by atoms with E-state index in [0.29, 0.717) is 11.1 Å². The van der Waals surface area contributed by atoms with Gasteiger partial charge in [0.25, 0.3) is 5.22 Å². The van der Waals surface area contributed by atoms with Crippen LogP contribution in [0.15, 0.2) is 40.0 Å². The lowest BCUT2D eigenvalue weighted by Gasteiger charge is -2.11. The summed E-state index contributed by atoms with van der Waals surface area (Å²) in [5.74, 6) is 0.904. The zero-order valence-electron chi connectivity index (χ0n) is 16.7. The van der Waals surface area contributed by atoms with E-state index in [4.69, 9.17) is 4.42 Å². The standard InChI is InChI=1S/C21H25N3O2S/c1-13-8-7-9-16(10-13)24-14(2)11-17(15(24)3)18(25)12-27-20-23-22-19(26-20)21(4,5)6/h7-11H,12H2,1-6H3. The zero-order valence-corrected chi connectivity index (χ0v) is 17.5. The summed E-state index contributed by atoms with van der Waals surface area (Å²) < 4.78 is 7.78. The first kappa shape index (κ1) is 19.4. The molecule has 0 saturated heterocycles. The van der Waals surface area contributed by atoms with Gasteiger partial charge in [0.15, 0.2) is 5.78 Å². The maximum atomic E-state index is 12.8. The lowest BCUT2D eigenvalue weighted by molar-refractivity contribution is 0.102. The van der Waals surface area contributed by atoms with Crippen molar-refractivity contribution in [2.24, 2.45) is 0 Å². The second-order valence-electron chi connectivity index (χ2n) is 7.79. The third-order valence-corrected chi connectivity index (χ3v) is 5.18. The molecule has 0 saturated carbocycles. The summed E-state index contributed by atoms with van der Waals surface area (Å²) in [4.78, 5) is 12.8. The van der Waals surface area contributed by atoms with Gasteiger partial charge in [-0.25, -0.2) is 0 Å². The lowest BCUT2D eigenvalue weighted by atomic mass is 9.97. The highest BCUT2D eigenvalue weighted by atomic mass is 32.2. The van der Waals surface area contributed by atoms with Crippen LogP contribution in [0.2, 0.25) is 0 Å². The Kier molecular flexibility index (Phi) is 5.29. The van der Waals surface area contributed by atoms with Crippen LogP contribution in [0.4, 0.5) is 0 Å². The quantitative estimate of drug-likeness (QED) is 0.455. The number of aryl methyl sites for hydroxylation is 2. The fourth-order valence-electron chi connectivity index (χ4n) is 2.99. The van der Waals surface area contributed by atoms with Crippen molar-refractivity contribution in [1.29, 1.82) is 0 Å². The Balaban J connectivity index is 1.78. The molecule has 3 rings (SSSR count).